The molecule has 0 aromatic rings. The van der Waals surface area contributed by atoms with Gasteiger partial charge in [0.05, 0.1) is 0 Å². The van der Waals surface area contributed by atoms with Gasteiger partial charge in [0, 0.05) is 19.3 Å². The van der Waals surface area contributed by atoms with E-state index < -0.39 is 6.10 Å². The lowest BCUT2D eigenvalue weighted by molar-refractivity contribution is -0.167. The average Bonchev–Trinajstić information content (AvgIpc) is 3.35. The first-order valence-corrected chi connectivity index (χ1v) is 29.4. The van der Waals surface area contributed by atoms with Gasteiger partial charge < -0.3 is 14.2 Å². The fourth-order valence-corrected chi connectivity index (χ4v) is 8.30. The Balaban J connectivity index is 4.45. The molecule has 0 aromatic carbocycles. The highest BCUT2D eigenvalue weighted by molar-refractivity contribution is 5.71. The largest absolute Gasteiger partial charge is 0.462 e. The summed E-state index contributed by atoms with van der Waals surface area (Å²) in [7, 11) is 0. The number of esters is 3. The smallest absolute Gasteiger partial charge is 0.306 e. The number of hydrogen-bond donors (Lipinski definition) is 0. The summed E-state index contributed by atoms with van der Waals surface area (Å²) in [4.78, 5) is 38.2. The van der Waals surface area contributed by atoms with Crippen molar-refractivity contribution in [3.8, 4) is 0 Å². The topological polar surface area (TPSA) is 78.9 Å². The fourth-order valence-electron chi connectivity index (χ4n) is 8.30. The zero-order chi connectivity index (χ0) is 50.0. The van der Waals surface area contributed by atoms with Gasteiger partial charge in [0.1, 0.15) is 13.2 Å². The number of allylic oxidation sites excluding steroid dienone is 12. The van der Waals surface area contributed by atoms with Gasteiger partial charge in [-0.1, -0.05) is 261 Å². The van der Waals surface area contributed by atoms with Crippen LogP contribution in [0.2, 0.25) is 0 Å². The third kappa shape index (κ3) is 55.6. The first kappa shape index (κ1) is 65.8. The molecule has 0 unspecified atom stereocenters. The molecule has 0 rings (SSSR count). The zero-order valence-electron chi connectivity index (χ0n) is 45.6. The predicted octanol–water partition coefficient (Wildman–Crippen LogP) is 19.8. The lowest BCUT2D eigenvalue weighted by Crippen LogP contribution is -2.30. The number of unbranched alkanes of at least 4 members (excludes halogenated alkanes) is 30. The molecule has 0 amide bonds. The molecule has 0 bridgehead atoms. The summed E-state index contributed by atoms with van der Waals surface area (Å²) in [5, 5.41) is 0. The molecule has 6 heteroatoms. The number of carbonyl (C=O) groups is 3. The molecule has 398 valence electrons. The van der Waals surface area contributed by atoms with E-state index in [-0.39, 0.29) is 37.5 Å². The standard InChI is InChI=1S/C63H110O6/c1-4-7-10-13-16-19-22-25-28-31-33-35-38-41-44-47-50-53-56-62(65)68-59-60(58-67-61(64)55-52-49-46-43-40-37-34-30-27-24-21-18-15-12-9-6-3)69-63(66)57-54-51-48-45-42-39-36-32-29-26-23-20-17-14-11-8-5-2/h8,11,17,20,26,29-30,34,36,39,45,48,60H,4-7,9-10,12-16,18-19,21-25,27-28,31-33,35,37-38,40-44,46-47,49-59H2,1-3H3/b11-8-,20-17-,29-26-,34-30-,39-36-,48-45-/t60-/m1/s1. The molecule has 69 heavy (non-hydrogen) atoms. The molecule has 1 atom stereocenters. The van der Waals surface area contributed by atoms with Crippen LogP contribution in [-0.2, 0) is 28.6 Å². The number of hydrogen-bond acceptors (Lipinski definition) is 6. The molecular weight excluding hydrogens is 853 g/mol. The van der Waals surface area contributed by atoms with Gasteiger partial charge >= 0.3 is 17.9 Å². The summed E-state index contributed by atoms with van der Waals surface area (Å²) in [5.41, 5.74) is 0. The third-order valence-corrected chi connectivity index (χ3v) is 12.7. The lowest BCUT2D eigenvalue weighted by Gasteiger charge is -2.18. The van der Waals surface area contributed by atoms with E-state index >= 15 is 0 Å². The fraction of sp³-hybridized carbons (Fsp3) is 0.762. The molecule has 0 saturated heterocycles. The van der Waals surface area contributed by atoms with Crippen molar-refractivity contribution in [1.82, 2.24) is 0 Å². The Kier molecular flexibility index (Phi) is 54.8. The number of rotatable bonds is 53. The second-order valence-corrected chi connectivity index (χ2v) is 19.5. The van der Waals surface area contributed by atoms with E-state index in [1.165, 1.54) is 161 Å². The van der Waals surface area contributed by atoms with Gasteiger partial charge in [-0.2, -0.15) is 0 Å². The van der Waals surface area contributed by atoms with Crippen LogP contribution in [0.3, 0.4) is 0 Å². The highest BCUT2D eigenvalue weighted by atomic mass is 16.6. The summed E-state index contributed by atoms with van der Waals surface area (Å²) >= 11 is 0. The van der Waals surface area contributed by atoms with Crippen molar-refractivity contribution in [2.75, 3.05) is 13.2 Å². The van der Waals surface area contributed by atoms with E-state index in [2.05, 4.69) is 93.7 Å². The molecule has 0 aliphatic carbocycles. The summed E-state index contributed by atoms with van der Waals surface area (Å²) in [5.74, 6) is -0.954. The first-order chi connectivity index (χ1) is 34.0. The van der Waals surface area contributed by atoms with Crippen LogP contribution >= 0.6 is 0 Å². The molecular formula is C63H110O6. The molecule has 0 N–H and O–H groups in total. The van der Waals surface area contributed by atoms with Crippen molar-refractivity contribution in [3.05, 3.63) is 72.9 Å². The van der Waals surface area contributed by atoms with Gasteiger partial charge in [0.2, 0.25) is 0 Å². The minimum absolute atomic E-state index is 0.0981. The second kappa shape index (κ2) is 57.4. The van der Waals surface area contributed by atoms with Gasteiger partial charge in [-0.05, 0) is 83.5 Å². The average molecular weight is 964 g/mol. The van der Waals surface area contributed by atoms with Gasteiger partial charge in [0.15, 0.2) is 6.10 Å². The molecule has 0 fully saturated rings. The highest BCUT2D eigenvalue weighted by Gasteiger charge is 2.19. The SMILES string of the molecule is CC/C=C\C/C=C\C/C=C\C/C=C\C/C=C\CCCC(=O)O[C@H](COC(=O)CCCCCCC/C=C\CCCCCCCCC)COC(=O)CCCCCCCCCCCCCCCCCCCC. The Labute approximate surface area is 427 Å². The monoisotopic (exact) mass is 963 g/mol. The normalized spacial score (nSPS) is 12.6. The van der Waals surface area contributed by atoms with Crippen LogP contribution in [0.15, 0.2) is 72.9 Å². The number of ether oxygens (including phenoxy) is 3. The van der Waals surface area contributed by atoms with Crippen molar-refractivity contribution in [2.45, 2.75) is 297 Å². The summed E-state index contributed by atoms with van der Waals surface area (Å²) in [6, 6.07) is 0. The quantitative estimate of drug-likeness (QED) is 0.0262. The van der Waals surface area contributed by atoms with Crippen molar-refractivity contribution in [1.29, 1.82) is 0 Å². The van der Waals surface area contributed by atoms with Crippen LogP contribution in [0.4, 0.5) is 0 Å². The van der Waals surface area contributed by atoms with Crippen molar-refractivity contribution in [2.24, 2.45) is 0 Å². The molecule has 0 aliphatic rings. The molecule has 0 heterocycles. The van der Waals surface area contributed by atoms with E-state index in [9.17, 15) is 14.4 Å². The maximum atomic E-state index is 12.8. The Morgan fingerprint density at radius 1 is 0.304 bits per heavy atom. The van der Waals surface area contributed by atoms with Crippen LogP contribution in [0.1, 0.15) is 290 Å². The van der Waals surface area contributed by atoms with Crippen LogP contribution in [0, 0.1) is 0 Å². The molecule has 0 aromatic heterocycles. The van der Waals surface area contributed by atoms with Gasteiger partial charge in [-0.15, -0.1) is 0 Å². The Morgan fingerprint density at radius 3 is 0.942 bits per heavy atom. The maximum absolute atomic E-state index is 12.8. The Hall–Kier alpha value is -3.15. The van der Waals surface area contributed by atoms with E-state index in [1.54, 1.807) is 0 Å². The van der Waals surface area contributed by atoms with Crippen molar-refractivity contribution < 1.29 is 28.6 Å². The molecule has 0 saturated carbocycles. The third-order valence-electron chi connectivity index (χ3n) is 12.7. The first-order valence-electron chi connectivity index (χ1n) is 29.4. The van der Waals surface area contributed by atoms with Crippen LogP contribution in [0.25, 0.3) is 0 Å². The van der Waals surface area contributed by atoms with Crippen molar-refractivity contribution >= 4 is 17.9 Å². The van der Waals surface area contributed by atoms with E-state index in [0.29, 0.717) is 19.3 Å². The molecule has 0 spiro atoms. The minimum atomic E-state index is -0.807. The molecule has 6 nitrogen and oxygen atoms in total. The predicted molar refractivity (Wildman–Crippen MR) is 298 cm³/mol. The summed E-state index contributed by atoms with van der Waals surface area (Å²) < 4.78 is 16.8. The second-order valence-electron chi connectivity index (χ2n) is 19.5. The Bertz CT molecular complexity index is 1290. The van der Waals surface area contributed by atoms with Gasteiger partial charge in [-0.3, -0.25) is 14.4 Å². The molecule has 0 radical (unpaired) electrons. The molecule has 0 aliphatic heterocycles. The van der Waals surface area contributed by atoms with Crippen LogP contribution < -0.4 is 0 Å². The number of carbonyl (C=O) groups excluding carboxylic acids is 3. The van der Waals surface area contributed by atoms with Gasteiger partial charge in [0.25, 0.3) is 0 Å². The zero-order valence-corrected chi connectivity index (χ0v) is 45.6. The van der Waals surface area contributed by atoms with E-state index in [0.717, 1.165) is 83.5 Å². The highest BCUT2D eigenvalue weighted by Crippen LogP contribution is 2.16. The maximum Gasteiger partial charge on any atom is 0.306 e. The lowest BCUT2D eigenvalue weighted by atomic mass is 10.0. The Morgan fingerprint density at radius 2 is 0.580 bits per heavy atom. The minimum Gasteiger partial charge on any atom is -0.462 e. The van der Waals surface area contributed by atoms with Crippen LogP contribution in [-0.4, -0.2) is 37.2 Å². The summed E-state index contributed by atoms with van der Waals surface area (Å²) in [6.45, 7) is 6.50. The van der Waals surface area contributed by atoms with Gasteiger partial charge in [-0.25, -0.2) is 0 Å². The van der Waals surface area contributed by atoms with Crippen molar-refractivity contribution in [3.63, 3.8) is 0 Å². The van der Waals surface area contributed by atoms with E-state index in [4.69, 9.17) is 14.2 Å². The van der Waals surface area contributed by atoms with E-state index in [1.807, 2.05) is 0 Å². The summed E-state index contributed by atoms with van der Waals surface area (Å²) in [6.07, 6.45) is 73.3. The van der Waals surface area contributed by atoms with Crippen LogP contribution in [0.5, 0.6) is 0 Å².